The van der Waals surface area contributed by atoms with Gasteiger partial charge in [-0.05, 0) is 47.3 Å². The molecule has 3 aromatic rings. The zero-order valence-corrected chi connectivity index (χ0v) is 11.4. The predicted octanol–water partition coefficient (Wildman–Crippen LogP) is 5.23. The molecule has 1 heterocycles. The Bertz CT molecular complexity index is 685. The molecule has 1 nitrogen and oxygen atoms in total. The molecular weight excluding hydrogens is 264 g/mol. The van der Waals surface area contributed by atoms with Gasteiger partial charge in [0.15, 0.2) is 0 Å². The zero-order valence-electron chi connectivity index (χ0n) is 9.81. The highest BCUT2D eigenvalue weighted by molar-refractivity contribution is 7.22. The summed E-state index contributed by atoms with van der Waals surface area (Å²) in [6, 6.07) is 16.3. The number of rotatable bonds is 2. The molecule has 0 bridgehead atoms. The summed E-state index contributed by atoms with van der Waals surface area (Å²) >= 11 is 7.67. The second-order valence-corrected chi connectivity index (χ2v) is 5.54. The molecule has 0 amide bonds. The number of hydrogen-bond donors (Lipinski definition) is 0. The van der Waals surface area contributed by atoms with E-state index < -0.39 is 0 Å². The van der Waals surface area contributed by atoms with Crippen molar-refractivity contribution in [2.75, 3.05) is 7.11 Å². The first kappa shape index (κ1) is 11.6. The molecule has 1 aromatic heterocycles. The van der Waals surface area contributed by atoms with Gasteiger partial charge in [0.25, 0.3) is 0 Å². The molecule has 0 saturated carbocycles. The second kappa shape index (κ2) is 4.63. The van der Waals surface area contributed by atoms with Gasteiger partial charge in [0.05, 0.1) is 7.11 Å². The summed E-state index contributed by atoms with van der Waals surface area (Å²) in [4.78, 5) is 1.25. The van der Waals surface area contributed by atoms with E-state index in [0.29, 0.717) is 0 Å². The molecule has 0 radical (unpaired) electrons. The summed E-state index contributed by atoms with van der Waals surface area (Å²) in [7, 11) is 1.69. The van der Waals surface area contributed by atoms with Gasteiger partial charge in [-0.1, -0.05) is 23.7 Å². The standard InChI is InChI=1S/C15H11ClOS/c1-17-13-7-4-11-8-14(18-15(11)9-13)10-2-5-12(16)6-3-10/h2-9H,1H3. The van der Waals surface area contributed by atoms with Crippen molar-refractivity contribution in [2.45, 2.75) is 0 Å². The Kier molecular flexibility index (Phi) is 2.98. The number of hydrogen-bond acceptors (Lipinski definition) is 2. The first-order chi connectivity index (χ1) is 8.76. The monoisotopic (exact) mass is 274 g/mol. The fourth-order valence-electron chi connectivity index (χ4n) is 1.89. The minimum atomic E-state index is 0.765. The van der Waals surface area contributed by atoms with Crippen molar-refractivity contribution in [3.05, 3.63) is 53.6 Å². The largest absolute Gasteiger partial charge is 0.497 e. The third-order valence-corrected chi connectivity index (χ3v) is 4.25. The maximum atomic E-state index is 5.90. The maximum Gasteiger partial charge on any atom is 0.120 e. The van der Waals surface area contributed by atoms with E-state index in [1.165, 1.54) is 20.5 Å². The Morgan fingerprint density at radius 3 is 2.50 bits per heavy atom. The van der Waals surface area contributed by atoms with Crippen LogP contribution in [-0.4, -0.2) is 7.11 Å². The molecule has 0 unspecified atom stereocenters. The van der Waals surface area contributed by atoms with Gasteiger partial charge in [0, 0.05) is 14.6 Å². The van der Waals surface area contributed by atoms with Crippen molar-refractivity contribution in [1.82, 2.24) is 0 Å². The normalized spacial score (nSPS) is 10.8. The molecule has 3 rings (SSSR count). The topological polar surface area (TPSA) is 9.23 Å². The van der Waals surface area contributed by atoms with Crippen molar-refractivity contribution in [2.24, 2.45) is 0 Å². The van der Waals surface area contributed by atoms with E-state index in [2.05, 4.69) is 18.2 Å². The molecule has 90 valence electrons. The van der Waals surface area contributed by atoms with Gasteiger partial charge in [0.2, 0.25) is 0 Å². The SMILES string of the molecule is COc1ccc2cc(-c3ccc(Cl)cc3)sc2c1. The van der Waals surface area contributed by atoms with E-state index >= 15 is 0 Å². The van der Waals surface area contributed by atoms with E-state index in [-0.39, 0.29) is 0 Å². The summed E-state index contributed by atoms with van der Waals surface area (Å²) in [5, 5.41) is 2.01. The van der Waals surface area contributed by atoms with Crippen LogP contribution in [0.1, 0.15) is 0 Å². The molecule has 0 aliphatic carbocycles. The van der Waals surface area contributed by atoms with Gasteiger partial charge in [-0.3, -0.25) is 0 Å². The molecule has 0 N–H and O–H groups in total. The Balaban J connectivity index is 2.10. The van der Waals surface area contributed by atoms with Crippen LogP contribution in [0.2, 0.25) is 5.02 Å². The lowest BCUT2D eigenvalue weighted by Crippen LogP contribution is -1.79. The Morgan fingerprint density at radius 1 is 1.00 bits per heavy atom. The number of methoxy groups -OCH3 is 1. The first-order valence-corrected chi connectivity index (χ1v) is 6.79. The summed E-state index contributed by atoms with van der Waals surface area (Å²) in [6.45, 7) is 0. The molecule has 3 heteroatoms. The van der Waals surface area contributed by atoms with Crippen molar-refractivity contribution < 1.29 is 4.74 Å². The number of halogens is 1. The third kappa shape index (κ3) is 2.09. The second-order valence-electron chi connectivity index (χ2n) is 4.02. The van der Waals surface area contributed by atoms with E-state index in [4.69, 9.17) is 16.3 Å². The number of ether oxygens (including phenoxy) is 1. The lowest BCUT2D eigenvalue weighted by molar-refractivity contribution is 0.415. The van der Waals surface area contributed by atoms with Gasteiger partial charge in [-0.25, -0.2) is 0 Å². The molecule has 0 aliphatic heterocycles. The Morgan fingerprint density at radius 2 is 1.78 bits per heavy atom. The highest BCUT2D eigenvalue weighted by atomic mass is 35.5. The van der Waals surface area contributed by atoms with Crippen molar-refractivity contribution in [3.63, 3.8) is 0 Å². The molecule has 2 aromatic carbocycles. The van der Waals surface area contributed by atoms with E-state index in [0.717, 1.165) is 10.8 Å². The molecular formula is C15H11ClOS. The summed E-state index contributed by atoms with van der Waals surface area (Å²) in [5.74, 6) is 0.895. The molecule has 0 saturated heterocycles. The van der Waals surface area contributed by atoms with Crippen LogP contribution in [0, 0.1) is 0 Å². The van der Waals surface area contributed by atoms with Gasteiger partial charge in [-0.2, -0.15) is 0 Å². The maximum absolute atomic E-state index is 5.90. The van der Waals surface area contributed by atoms with Crippen molar-refractivity contribution >= 4 is 33.0 Å². The molecule has 0 fully saturated rings. The van der Waals surface area contributed by atoms with Crippen LogP contribution >= 0.6 is 22.9 Å². The quantitative estimate of drug-likeness (QED) is 0.622. The lowest BCUT2D eigenvalue weighted by atomic mass is 10.1. The van der Waals surface area contributed by atoms with Crippen molar-refractivity contribution in [3.8, 4) is 16.2 Å². The Labute approximate surface area is 115 Å². The van der Waals surface area contributed by atoms with Crippen LogP contribution in [0.3, 0.4) is 0 Å². The van der Waals surface area contributed by atoms with Gasteiger partial charge in [0.1, 0.15) is 5.75 Å². The lowest BCUT2D eigenvalue weighted by Gasteiger charge is -1.97. The fourth-order valence-corrected chi connectivity index (χ4v) is 3.12. The van der Waals surface area contributed by atoms with Gasteiger partial charge < -0.3 is 4.74 Å². The summed E-state index contributed by atoms with van der Waals surface area (Å²) < 4.78 is 6.48. The van der Waals surface area contributed by atoms with Crippen molar-refractivity contribution in [1.29, 1.82) is 0 Å². The highest BCUT2D eigenvalue weighted by Crippen LogP contribution is 2.35. The minimum absolute atomic E-state index is 0.765. The number of benzene rings is 2. The van der Waals surface area contributed by atoms with E-state index in [1.807, 2.05) is 30.3 Å². The van der Waals surface area contributed by atoms with Gasteiger partial charge in [-0.15, -0.1) is 11.3 Å². The van der Waals surface area contributed by atoms with E-state index in [1.54, 1.807) is 18.4 Å². The summed E-state index contributed by atoms with van der Waals surface area (Å²) in [6.07, 6.45) is 0. The van der Waals surface area contributed by atoms with Crippen LogP contribution in [0.4, 0.5) is 0 Å². The van der Waals surface area contributed by atoms with Gasteiger partial charge >= 0.3 is 0 Å². The average molecular weight is 275 g/mol. The molecule has 0 atom stereocenters. The van der Waals surface area contributed by atoms with Crippen LogP contribution in [0.25, 0.3) is 20.5 Å². The van der Waals surface area contributed by atoms with E-state index in [9.17, 15) is 0 Å². The van der Waals surface area contributed by atoms with Crippen LogP contribution in [0.5, 0.6) is 5.75 Å². The minimum Gasteiger partial charge on any atom is -0.497 e. The first-order valence-electron chi connectivity index (χ1n) is 5.60. The third-order valence-electron chi connectivity index (χ3n) is 2.86. The number of fused-ring (bicyclic) bond motifs is 1. The molecule has 0 aliphatic rings. The smallest absolute Gasteiger partial charge is 0.120 e. The van der Waals surface area contributed by atoms with Crippen LogP contribution in [0.15, 0.2) is 48.5 Å². The fraction of sp³-hybridized carbons (Fsp3) is 0.0667. The molecule has 0 spiro atoms. The summed E-state index contributed by atoms with van der Waals surface area (Å²) in [5.41, 5.74) is 1.19. The van der Waals surface area contributed by atoms with Crippen LogP contribution in [-0.2, 0) is 0 Å². The Hall–Kier alpha value is -1.51. The van der Waals surface area contributed by atoms with Crippen LogP contribution < -0.4 is 4.74 Å². The average Bonchev–Trinajstić information content (AvgIpc) is 2.82. The zero-order chi connectivity index (χ0) is 12.5. The number of thiophene rings is 1. The predicted molar refractivity (Wildman–Crippen MR) is 78.8 cm³/mol. The highest BCUT2D eigenvalue weighted by Gasteiger charge is 2.05. The molecule has 18 heavy (non-hydrogen) atoms.